The van der Waals surface area contributed by atoms with Crippen molar-refractivity contribution in [1.29, 1.82) is 0 Å². The lowest BCUT2D eigenvalue weighted by atomic mass is 10.1. The molecule has 0 radical (unpaired) electrons. The van der Waals surface area contributed by atoms with E-state index in [1.807, 2.05) is 0 Å². The molecule has 0 saturated heterocycles. The minimum atomic E-state index is -0.284. The minimum Gasteiger partial charge on any atom is -0.301 e. The number of alkyl halides is 1. The zero-order valence-corrected chi connectivity index (χ0v) is 10.8. The number of benzene rings is 1. The number of aryl methyl sites for hydroxylation is 1. The van der Waals surface area contributed by atoms with Crippen LogP contribution in [0.1, 0.15) is 4.88 Å². The topological polar surface area (TPSA) is 22.0 Å². The van der Waals surface area contributed by atoms with Gasteiger partial charge in [-0.1, -0.05) is 11.3 Å². The molecule has 0 bridgehead atoms. The Morgan fingerprint density at radius 1 is 1.35 bits per heavy atom. The third kappa shape index (κ3) is 2.42. The summed E-state index contributed by atoms with van der Waals surface area (Å²) in [7, 11) is 1.72. The summed E-state index contributed by atoms with van der Waals surface area (Å²) in [5.41, 5.74) is 1.67. The van der Waals surface area contributed by atoms with Gasteiger partial charge < -0.3 is 4.57 Å². The van der Waals surface area contributed by atoms with Crippen LogP contribution >= 0.6 is 22.9 Å². The molecule has 2 rings (SSSR count). The fraction of sp³-hybridized carbons (Fsp3) is 0.250. The quantitative estimate of drug-likeness (QED) is 0.787. The van der Waals surface area contributed by atoms with Gasteiger partial charge in [0.05, 0.1) is 5.69 Å². The van der Waals surface area contributed by atoms with Gasteiger partial charge in [0.25, 0.3) is 0 Å². The first kappa shape index (κ1) is 12.3. The van der Waals surface area contributed by atoms with Crippen LogP contribution in [0.4, 0.5) is 4.39 Å². The summed E-state index contributed by atoms with van der Waals surface area (Å²) in [6.45, 7) is 0. The van der Waals surface area contributed by atoms with E-state index in [2.05, 4.69) is 0 Å². The predicted octanol–water partition coefficient (Wildman–Crippen LogP) is 3.03. The molecule has 17 heavy (non-hydrogen) atoms. The highest BCUT2D eigenvalue weighted by atomic mass is 35.5. The second-order valence-electron chi connectivity index (χ2n) is 3.64. The third-order valence-electron chi connectivity index (χ3n) is 2.52. The number of nitrogens with zero attached hydrogens (tertiary/aromatic N) is 1. The van der Waals surface area contributed by atoms with E-state index in [1.165, 1.54) is 23.5 Å². The molecule has 1 aromatic heterocycles. The van der Waals surface area contributed by atoms with Crippen molar-refractivity contribution in [3.63, 3.8) is 0 Å². The van der Waals surface area contributed by atoms with Gasteiger partial charge >= 0.3 is 4.87 Å². The molecule has 0 saturated carbocycles. The van der Waals surface area contributed by atoms with Gasteiger partial charge in [-0.3, -0.25) is 4.79 Å². The number of aromatic nitrogens is 1. The average Bonchev–Trinajstić information content (AvgIpc) is 2.57. The van der Waals surface area contributed by atoms with Gasteiger partial charge in [0.2, 0.25) is 0 Å². The molecule has 1 aromatic carbocycles. The van der Waals surface area contributed by atoms with Crippen LogP contribution in [0.25, 0.3) is 11.3 Å². The zero-order valence-electron chi connectivity index (χ0n) is 9.24. The van der Waals surface area contributed by atoms with Gasteiger partial charge in [-0.05, 0) is 36.2 Å². The van der Waals surface area contributed by atoms with Crippen LogP contribution in [0.2, 0.25) is 0 Å². The van der Waals surface area contributed by atoms with Gasteiger partial charge in [0, 0.05) is 17.8 Å². The highest BCUT2D eigenvalue weighted by molar-refractivity contribution is 7.09. The Bertz CT molecular complexity index is 573. The van der Waals surface area contributed by atoms with Crippen molar-refractivity contribution >= 4 is 22.9 Å². The van der Waals surface area contributed by atoms with E-state index in [9.17, 15) is 9.18 Å². The lowest BCUT2D eigenvalue weighted by Gasteiger charge is -2.05. The summed E-state index contributed by atoms with van der Waals surface area (Å²) < 4.78 is 14.5. The van der Waals surface area contributed by atoms with E-state index in [4.69, 9.17) is 11.6 Å². The van der Waals surface area contributed by atoms with Crippen molar-refractivity contribution in [1.82, 2.24) is 4.57 Å². The van der Waals surface area contributed by atoms with Crippen LogP contribution in [-0.2, 0) is 13.5 Å². The summed E-state index contributed by atoms with van der Waals surface area (Å²) in [6, 6.07) is 6.13. The molecule has 2 aromatic rings. The van der Waals surface area contributed by atoms with E-state index in [1.54, 1.807) is 23.7 Å². The smallest absolute Gasteiger partial charge is 0.301 e. The SMILES string of the molecule is Cn1c(-c2ccc(F)cc2)c(CCCl)sc1=O. The number of hydrogen-bond acceptors (Lipinski definition) is 2. The standard InChI is InChI=1S/C12H11ClFNOS/c1-15-11(8-2-4-9(14)5-3-8)10(6-7-13)17-12(15)16/h2-5H,6-7H2,1H3. The maximum Gasteiger partial charge on any atom is 0.307 e. The number of halogens is 2. The molecule has 0 fully saturated rings. The van der Waals surface area contributed by atoms with Crippen molar-refractivity contribution in [2.75, 3.05) is 5.88 Å². The first-order valence-electron chi connectivity index (χ1n) is 5.14. The lowest BCUT2D eigenvalue weighted by Crippen LogP contribution is -2.08. The fourth-order valence-electron chi connectivity index (χ4n) is 1.72. The van der Waals surface area contributed by atoms with E-state index < -0.39 is 0 Å². The molecule has 0 atom stereocenters. The Labute approximate surface area is 107 Å². The van der Waals surface area contributed by atoms with Crippen molar-refractivity contribution in [3.8, 4) is 11.3 Å². The molecule has 90 valence electrons. The molecule has 0 unspecified atom stereocenters. The Kier molecular flexibility index (Phi) is 3.64. The van der Waals surface area contributed by atoms with Gasteiger partial charge in [0.15, 0.2) is 0 Å². The normalized spacial score (nSPS) is 10.8. The molecular weight excluding hydrogens is 261 g/mol. The molecule has 1 heterocycles. The van der Waals surface area contributed by atoms with Gasteiger partial charge in [0.1, 0.15) is 5.82 Å². The summed E-state index contributed by atoms with van der Waals surface area (Å²) >= 11 is 6.91. The van der Waals surface area contributed by atoms with E-state index >= 15 is 0 Å². The first-order valence-corrected chi connectivity index (χ1v) is 6.49. The average molecular weight is 272 g/mol. The van der Waals surface area contributed by atoms with Crippen molar-refractivity contribution in [2.24, 2.45) is 7.05 Å². The van der Waals surface area contributed by atoms with Crippen LogP contribution in [0.5, 0.6) is 0 Å². The monoisotopic (exact) mass is 271 g/mol. The highest BCUT2D eigenvalue weighted by Crippen LogP contribution is 2.26. The molecule has 0 N–H and O–H groups in total. The van der Waals surface area contributed by atoms with E-state index in [0.717, 1.165) is 16.1 Å². The second-order valence-corrected chi connectivity index (χ2v) is 5.07. The van der Waals surface area contributed by atoms with E-state index in [-0.39, 0.29) is 10.7 Å². The van der Waals surface area contributed by atoms with Crippen LogP contribution in [0, 0.1) is 5.82 Å². The van der Waals surface area contributed by atoms with Gasteiger partial charge in [-0.15, -0.1) is 11.6 Å². The highest BCUT2D eigenvalue weighted by Gasteiger charge is 2.13. The predicted molar refractivity (Wildman–Crippen MR) is 69.4 cm³/mol. The Morgan fingerprint density at radius 3 is 2.59 bits per heavy atom. The van der Waals surface area contributed by atoms with Crippen molar-refractivity contribution < 1.29 is 4.39 Å². The summed E-state index contributed by atoms with van der Waals surface area (Å²) in [4.78, 5) is 12.6. The Morgan fingerprint density at radius 2 is 2.00 bits per heavy atom. The third-order valence-corrected chi connectivity index (χ3v) is 3.80. The molecule has 2 nitrogen and oxygen atoms in total. The zero-order chi connectivity index (χ0) is 12.4. The number of hydrogen-bond donors (Lipinski definition) is 0. The summed E-state index contributed by atoms with van der Waals surface area (Å²) in [5.74, 6) is 0.182. The van der Waals surface area contributed by atoms with E-state index in [0.29, 0.717) is 12.3 Å². The molecular formula is C12H11ClFNOS. The molecule has 0 aliphatic heterocycles. The maximum absolute atomic E-state index is 12.9. The summed E-state index contributed by atoms with van der Waals surface area (Å²) in [6.07, 6.45) is 0.648. The van der Waals surface area contributed by atoms with Crippen LogP contribution < -0.4 is 4.87 Å². The first-order chi connectivity index (χ1) is 8.13. The van der Waals surface area contributed by atoms with Crippen LogP contribution in [0.15, 0.2) is 29.1 Å². The maximum atomic E-state index is 12.9. The second kappa shape index (κ2) is 5.02. The number of rotatable bonds is 3. The van der Waals surface area contributed by atoms with Crippen LogP contribution in [-0.4, -0.2) is 10.4 Å². The Hall–Kier alpha value is -1.13. The molecule has 0 amide bonds. The molecule has 0 spiro atoms. The summed E-state index contributed by atoms with van der Waals surface area (Å²) in [5, 5.41) is 0. The number of thiazole rings is 1. The lowest BCUT2D eigenvalue weighted by molar-refractivity contribution is 0.628. The molecule has 0 aliphatic carbocycles. The largest absolute Gasteiger partial charge is 0.307 e. The molecule has 5 heteroatoms. The van der Waals surface area contributed by atoms with Crippen LogP contribution in [0.3, 0.4) is 0 Å². The molecule has 0 aliphatic rings. The van der Waals surface area contributed by atoms with Crippen molar-refractivity contribution in [2.45, 2.75) is 6.42 Å². The van der Waals surface area contributed by atoms with Gasteiger partial charge in [-0.25, -0.2) is 4.39 Å². The fourth-order valence-corrected chi connectivity index (χ4v) is 3.01. The van der Waals surface area contributed by atoms with Gasteiger partial charge in [-0.2, -0.15) is 0 Å². The van der Waals surface area contributed by atoms with Crippen molar-refractivity contribution in [3.05, 3.63) is 44.6 Å². The minimum absolute atomic E-state index is 0.0237. The Balaban J connectivity index is 2.57.